The Bertz CT molecular complexity index is 683. The fourth-order valence-corrected chi connectivity index (χ4v) is 2.29. The molecule has 0 unspecified atom stereocenters. The molecule has 0 amide bonds. The van der Waals surface area contributed by atoms with Crippen molar-refractivity contribution in [3.8, 4) is 23.3 Å². The van der Waals surface area contributed by atoms with Crippen LogP contribution in [0.2, 0.25) is 5.02 Å². The maximum atomic E-state index is 8.90. The number of rotatable bonds is 6. The van der Waals surface area contributed by atoms with E-state index in [1.54, 1.807) is 6.07 Å². The SMILES string of the molecule is COc1cc(C#N)cc(Cl)c1OCCOc1ccc(Br)cc1. The Balaban J connectivity index is 1.94. The van der Waals surface area contributed by atoms with Crippen LogP contribution in [0.3, 0.4) is 0 Å². The molecule has 0 aliphatic rings. The molecule has 0 aliphatic carbocycles. The highest BCUT2D eigenvalue weighted by molar-refractivity contribution is 9.10. The summed E-state index contributed by atoms with van der Waals surface area (Å²) in [4.78, 5) is 0. The summed E-state index contributed by atoms with van der Waals surface area (Å²) >= 11 is 9.47. The van der Waals surface area contributed by atoms with E-state index in [9.17, 15) is 0 Å². The van der Waals surface area contributed by atoms with Crippen molar-refractivity contribution in [2.45, 2.75) is 0 Å². The van der Waals surface area contributed by atoms with Gasteiger partial charge >= 0.3 is 0 Å². The van der Waals surface area contributed by atoms with E-state index >= 15 is 0 Å². The average molecular weight is 383 g/mol. The van der Waals surface area contributed by atoms with Crippen LogP contribution in [-0.4, -0.2) is 20.3 Å². The number of methoxy groups -OCH3 is 1. The second kappa shape index (κ2) is 7.92. The number of halogens is 2. The van der Waals surface area contributed by atoms with E-state index in [1.807, 2.05) is 30.3 Å². The van der Waals surface area contributed by atoms with Crippen LogP contribution >= 0.6 is 27.5 Å². The molecule has 0 bridgehead atoms. The number of hydrogen-bond donors (Lipinski definition) is 0. The van der Waals surface area contributed by atoms with E-state index in [2.05, 4.69) is 15.9 Å². The lowest BCUT2D eigenvalue weighted by Gasteiger charge is -2.13. The van der Waals surface area contributed by atoms with Gasteiger partial charge in [-0.15, -0.1) is 0 Å². The quantitative estimate of drug-likeness (QED) is 0.693. The topological polar surface area (TPSA) is 51.5 Å². The molecule has 0 N–H and O–H groups in total. The highest BCUT2D eigenvalue weighted by Crippen LogP contribution is 2.36. The summed E-state index contributed by atoms with van der Waals surface area (Å²) in [7, 11) is 1.50. The second-order valence-corrected chi connectivity index (χ2v) is 5.57. The van der Waals surface area contributed by atoms with E-state index < -0.39 is 0 Å². The first-order valence-electron chi connectivity index (χ1n) is 6.43. The Hall–Kier alpha value is -1.90. The minimum absolute atomic E-state index is 0.304. The molecular weight excluding hydrogens is 370 g/mol. The highest BCUT2D eigenvalue weighted by Gasteiger charge is 2.12. The van der Waals surface area contributed by atoms with Gasteiger partial charge in [0.2, 0.25) is 0 Å². The molecule has 2 rings (SSSR count). The Morgan fingerprint density at radius 3 is 2.45 bits per heavy atom. The van der Waals surface area contributed by atoms with Gasteiger partial charge in [0.05, 0.1) is 23.8 Å². The lowest BCUT2D eigenvalue weighted by atomic mass is 10.2. The molecule has 0 aromatic heterocycles. The molecule has 0 fully saturated rings. The Morgan fingerprint density at radius 2 is 1.82 bits per heavy atom. The van der Waals surface area contributed by atoms with Gasteiger partial charge in [-0.3, -0.25) is 0 Å². The first kappa shape index (κ1) is 16.5. The van der Waals surface area contributed by atoms with Crippen LogP contribution < -0.4 is 14.2 Å². The smallest absolute Gasteiger partial charge is 0.179 e. The molecule has 114 valence electrons. The van der Waals surface area contributed by atoms with Crippen molar-refractivity contribution >= 4 is 27.5 Å². The molecule has 2 aromatic rings. The van der Waals surface area contributed by atoms with Gasteiger partial charge in [-0.25, -0.2) is 0 Å². The predicted molar refractivity (Wildman–Crippen MR) is 87.9 cm³/mol. The molecule has 0 aliphatic heterocycles. The van der Waals surface area contributed by atoms with Crippen molar-refractivity contribution in [3.63, 3.8) is 0 Å². The first-order chi connectivity index (χ1) is 10.6. The third-order valence-corrected chi connectivity index (χ3v) is 3.58. The largest absolute Gasteiger partial charge is 0.493 e. The summed E-state index contributed by atoms with van der Waals surface area (Å²) in [6.45, 7) is 0.666. The summed E-state index contributed by atoms with van der Waals surface area (Å²) in [6, 6.07) is 12.7. The van der Waals surface area contributed by atoms with Crippen LogP contribution in [0.4, 0.5) is 0 Å². The lowest BCUT2D eigenvalue weighted by Crippen LogP contribution is -2.10. The van der Waals surface area contributed by atoms with Crippen molar-refractivity contribution in [2.75, 3.05) is 20.3 Å². The molecular formula is C16H13BrClNO3. The van der Waals surface area contributed by atoms with E-state index in [0.717, 1.165) is 10.2 Å². The summed E-state index contributed by atoms with van der Waals surface area (Å²) in [5, 5.41) is 9.24. The van der Waals surface area contributed by atoms with Crippen molar-refractivity contribution in [1.29, 1.82) is 5.26 Å². The average Bonchev–Trinajstić information content (AvgIpc) is 2.53. The van der Waals surface area contributed by atoms with Crippen LogP contribution in [0.15, 0.2) is 40.9 Å². The summed E-state index contributed by atoms with van der Waals surface area (Å²) in [6.07, 6.45) is 0. The van der Waals surface area contributed by atoms with Gasteiger partial charge in [-0.1, -0.05) is 27.5 Å². The number of ether oxygens (including phenoxy) is 3. The normalized spacial score (nSPS) is 9.91. The molecule has 0 saturated carbocycles. The van der Waals surface area contributed by atoms with Gasteiger partial charge < -0.3 is 14.2 Å². The molecule has 6 heteroatoms. The van der Waals surface area contributed by atoms with Crippen LogP contribution in [0.25, 0.3) is 0 Å². The zero-order valence-corrected chi connectivity index (χ0v) is 14.1. The summed E-state index contributed by atoms with van der Waals surface area (Å²) in [5.41, 5.74) is 0.417. The van der Waals surface area contributed by atoms with E-state index in [-0.39, 0.29) is 0 Å². The maximum absolute atomic E-state index is 8.90. The molecule has 2 aromatic carbocycles. The Kier molecular flexibility index (Phi) is 5.93. The van der Waals surface area contributed by atoms with Crippen molar-refractivity contribution in [2.24, 2.45) is 0 Å². The van der Waals surface area contributed by atoms with Gasteiger partial charge in [0.1, 0.15) is 19.0 Å². The monoisotopic (exact) mass is 381 g/mol. The Morgan fingerprint density at radius 1 is 1.14 bits per heavy atom. The Labute approximate surface area is 142 Å². The van der Waals surface area contributed by atoms with Crippen LogP contribution in [-0.2, 0) is 0 Å². The lowest BCUT2D eigenvalue weighted by molar-refractivity contribution is 0.211. The van der Waals surface area contributed by atoms with E-state index in [0.29, 0.717) is 35.3 Å². The molecule has 0 saturated heterocycles. The number of benzene rings is 2. The zero-order valence-electron chi connectivity index (χ0n) is 11.8. The van der Waals surface area contributed by atoms with Crippen molar-refractivity contribution < 1.29 is 14.2 Å². The third-order valence-electron chi connectivity index (χ3n) is 2.77. The fourth-order valence-electron chi connectivity index (χ4n) is 1.76. The van der Waals surface area contributed by atoms with E-state index in [4.69, 9.17) is 31.1 Å². The minimum Gasteiger partial charge on any atom is -0.493 e. The first-order valence-corrected chi connectivity index (χ1v) is 7.60. The number of hydrogen-bond acceptors (Lipinski definition) is 4. The van der Waals surface area contributed by atoms with Gasteiger partial charge in [-0.05, 0) is 30.3 Å². The third kappa shape index (κ3) is 4.30. The molecule has 0 radical (unpaired) electrons. The standard InChI is InChI=1S/C16H13BrClNO3/c1-20-15-9-11(10-19)8-14(18)16(15)22-7-6-21-13-4-2-12(17)3-5-13/h2-5,8-9H,6-7H2,1H3. The summed E-state index contributed by atoms with van der Waals surface area (Å²) in [5.74, 6) is 1.58. The maximum Gasteiger partial charge on any atom is 0.179 e. The van der Waals surface area contributed by atoms with Crippen LogP contribution in [0, 0.1) is 11.3 Å². The molecule has 22 heavy (non-hydrogen) atoms. The number of nitriles is 1. The van der Waals surface area contributed by atoms with Crippen molar-refractivity contribution in [3.05, 3.63) is 51.5 Å². The fraction of sp³-hybridized carbons (Fsp3) is 0.188. The zero-order chi connectivity index (χ0) is 15.9. The van der Waals surface area contributed by atoms with E-state index in [1.165, 1.54) is 13.2 Å². The van der Waals surface area contributed by atoms with Crippen LogP contribution in [0.5, 0.6) is 17.2 Å². The number of nitrogens with zero attached hydrogens (tertiary/aromatic N) is 1. The molecule has 0 heterocycles. The molecule has 4 nitrogen and oxygen atoms in total. The van der Waals surface area contributed by atoms with Gasteiger partial charge in [0.15, 0.2) is 11.5 Å². The predicted octanol–water partition coefficient (Wildman–Crippen LogP) is 4.44. The van der Waals surface area contributed by atoms with Crippen molar-refractivity contribution in [1.82, 2.24) is 0 Å². The summed E-state index contributed by atoms with van der Waals surface area (Å²) < 4.78 is 17.3. The van der Waals surface area contributed by atoms with Gasteiger partial charge in [-0.2, -0.15) is 5.26 Å². The van der Waals surface area contributed by atoms with Gasteiger partial charge in [0.25, 0.3) is 0 Å². The van der Waals surface area contributed by atoms with Gasteiger partial charge in [0, 0.05) is 10.5 Å². The van der Waals surface area contributed by atoms with Crippen LogP contribution in [0.1, 0.15) is 5.56 Å². The molecule has 0 atom stereocenters. The second-order valence-electron chi connectivity index (χ2n) is 4.25. The minimum atomic E-state index is 0.304. The highest BCUT2D eigenvalue weighted by atomic mass is 79.9. The molecule has 0 spiro atoms.